The minimum absolute atomic E-state index is 0.0830. The SMILES string of the molecule is COC(=O)CCCCCCNP(=O)(OC[C@@H]1C=C[C@H](n2cc(C)c(=O)[nH]c2=O)O1)Oc1ccccc1. The molecule has 0 amide bonds. The molecule has 1 unspecified atom stereocenters. The molecule has 12 heteroatoms. The van der Waals surface area contributed by atoms with Gasteiger partial charge in [-0.15, -0.1) is 0 Å². The fourth-order valence-electron chi connectivity index (χ4n) is 3.48. The molecule has 0 saturated carbocycles. The maximum absolute atomic E-state index is 13.5. The number of para-hydroxylation sites is 1. The van der Waals surface area contributed by atoms with Gasteiger partial charge in [-0.2, -0.15) is 0 Å². The Morgan fingerprint density at radius 3 is 2.64 bits per heavy atom. The van der Waals surface area contributed by atoms with Crippen molar-refractivity contribution in [3.8, 4) is 5.75 Å². The number of aromatic amines is 1. The third kappa shape index (κ3) is 8.30. The van der Waals surface area contributed by atoms with E-state index in [1.807, 2.05) is 6.07 Å². The summed E-state index contributed by atoms with van der Waals surface area (Å²) in [5.74, 6) is 0.163. The van der Waals surface area contributed by atoms with Crippen LogP contribution in [-0.4, -0.2) is 41.9 Å². The lowest BCUT2D eigenvalue weighted by molar-refractivity contribution is -0.140. The van der Waals surface area contributed by atoms with Crippen molar-refractivity contribution in [3.63, 3.8) is 0 Å². The van der Waals surface area contributed by atoms with Crippen molar-refractivity contribution in [1.82, 2.24) is 14.6 Å². The average molecular weight is 522 g/mol. The van der Waals surface area contributed by atoms with Gasteiger partial charge in [-0.1, -0.05) is 37.1 Å². The van der Waals surface area contributed by atoms with Crippen LogP contribution in [0, 0.1) is 6.92 Å². The molecule has 11 nitrogen and oxygen atoms in total. The second kappa shape index (κ2) is 13.4. The van der Waals surface area contributed by atoms with E-state index >= 15 is 0 Å². The van der Waals surface area contributed by atoms with Crippen LogP contribution in [0.1, 0.15) is 43.9 Å². The van der Waals surface area contributed by atoms with E-state index in [-0.39, 0.29) is 12.6 Å². The first-order valence-electron chi connectivity index (χ1n) is 11.8. The fraction of sp³-hybridized carbons (Fsp3) is 0.458. The molecule has 1 aromatic heterocycles. The lowest BCUT2D eigenvalue weighted by Gasteiger charge is -2.22. The maximum Gasteiger partial charge on any atom is 0.458 e. The Balaban J connectivity index is 1.53. The Labute approximate surface area is 209 Å². The normalized spacial score (nSPS) is 18.6. The van der Waals surface area contributed by atoms with E-state index in [9.17, 15) is 18.9 Å². The number of methoxy groups -OCH3 is 1. The van der Waals surface area contributed by atoms with Crippen LogP contribution in [0.25, 0.3) is 0 Å². The summed E-state index contributed by atoms with van der Waals surface area (Å²) in [4.78, 5) is 37.2. The smallest absolute Gasteiger partial charge is 0.458 e. The van der Waals surface area contributed by atoms with Gasteiger partial charge in [-0.05, 0) is 38.0 Å². The van der Waals surface area contributed by atoms with Crippen molar-refractivity contribution in [2.45, 2.75) is 51.4 Å². The summed E-state index contributed by atoms with van der Waals surface area (Å²) in [5.41, 5.74) is -0.665. The van der Waals surface area contributed by atoms with Gasteiger partial charge in [0.25, 0.3) is 5.56 Å². The fourth-order valence-corrected chi connectivity index (χ4v) is 4.86. The van der Waals surface area contributed by atoms with Crippen molar-refractivity contribution in [2.75, 3.05) is 20.3 Å². The van der Waals surface area contributed by atoms with E-state index < -0.39 is 31.3 Å². The highest BCUT2D eigenvalue weighted by molar-refractivity contribution is 7.52. The van der Waals surface area contributed by atoms with Crippen LogP contribution in [0.2, 0.25) is 0 Å². The van der Waals surface area contributed by atoms with E-state index in [1.54, 1.807) is 43.3 Å². The molecule has 2 heterocycles. The van der Waals surface area contributed by atoms with E-state index in [2.05, 4.69) is 14.8 Å². The summed E-state index contributed by atoms with van der Waals surface area (Å²) in [6, 6.07) is 8.70. The van der Waals surface area contributed by atoms with Gasteiger partial charge in [0, 0.05) is 24.7 Å². The molecule has 196 valence electrons. The molecular weight excluding hydrogens is 489 g/mol. The highest BCUT2D eigenvalue weighted by Crippen LogP contribution is 2.44. The molecule has 1 aliphatic heterocycles. The number of rotatable bonds is 14. The number of carbonyl (C=O) groups is 1. The quantitative estimate of drug-likeness (QED) is 0.166. The van der Waals surface area contributed by atoms with Crippen LogP contribution in [0.3, 0.4) is 0 Å². The van der Waals surface area contributed by atoms with Crippen LogP contribution >= 0.6 is 7.75 Å². The number of benzene rings is 1. The van der Waals surface area contributed by atoms with Crippen LogP contribution in [0.15, 0.2) is 58.3 Å². The maximum atomic E-state index is 13.5. The molecule has 1 aromatic carbocycles. The number of aromatic nitrogens is 2. The van der Waals surface area contributed by atoms with Gasteiger partial charge in [0.05, 0.1) is 13.7 Å². The van der Waals surface area contributed by atoms with Crippen LogP contribution in [-0.2, 0) is 23.4 Å². The number of unbranched alkanes of at least 4 members (excludes halogenated alkanes) is 3. The first-order valence-corrected chi connectivity index (χ1v) is 13.3. The zero-order chi connectivity index (χ0) is 26.0. The highest BCUT2D eigenvalue weighted by atomic mass is 31.2. The third-order valence-corrected chi connectivity index (χ3v) is 6.99. The Bertz CT molecular complexity index is 1190. The molecule has 36 heavy (non-hydrogen) atoms. The van der Waals surface area contributed by atoms with Gasteiger partial charge >= 0.3 is 19.4 Å². The number of ether oxygens (including phenoxy) is 2. The van der Waals surface area contributed by atoms with Crippen molar-refractivity contribution in [3.05, 3.63) is 75.1 Å². The lowest BCUT2D eigenvalue weighted by Crippen LogP contribution is -2.33. The Morgan fingerprint density at radius 1 is 1.14 bits per heavy atom. The molecule has 2 aromatic rings. The Hall–Kier alpha value is -2.98. The highest BCUT2D eigenvalue weighted by Gasteiger charge is 2.30. The molecule has 3 atom stereocenters. The molecule has 0 spiro atoms. The van der Waals surface area contributed by atoms with Crippen LogP contribution in [0.5, 0.6) is 5.75 Å². The summed E-state index contributed by atoms with van der Waals surface area (Å²) >= 11 is 0. The average Bonchev–Trinajstić information content (AvgIpc) is 3.34. The summed E-state index contributed by atoms with van der Waals surface area (Å²) in [5, 5.41) is 2.89. The number of hydrogen-bond acceptors (Lipinski definition) is 8. The first-order chi connectivity index (χ1) is 17.3. The molecule has 3 rings (SSSR count). The molecular formula is C24H32N3O8P. The van der Waals surface area contributed by atoms with Crippen molar-refractivity contribution in [1.29, 1.82) is 0 Å². The number of H-pyrrole nitrogens is 1. The van der Waals surface area contributed by atoms with Gasteiger partial charge < -0.3 is 14.0 Å². The van der Waals surface area contributed by atoms with E-state index in [0.717, 1.165) is 19.3 Å². The molecule has 0 radical (unpaired) electrons. The van der Waals surface area contributed by atoms with Crippen LogP contribution in [0.4, 0.5) is 0 Å². The lowest BCUT2D eigenvalue weighted by atomic mass is 10.1. The van der Waals surface area contributed by atoms with Gasteiger partial charge in [0.1, 0.15) is 11.9 Å². The number of esters is 1. The van der Waals surface area contributed by atoms with Crippen molar-refractivity contribution < 1.29 is 27.9 Å². The second-order valence-corrected chi connectivity index (χ2v) is 10.0. The molecule has 0 bridgehead atoms. The second-order valence-electron chi connectivity index (χ2n) is 8.27. The Morgan fingerprint density at radius 2 is 1.89 bits per heavy atom. The molecule has 2 N–H and O–H groups in total. The Kier molecular flexibility index (Phi) is 10.2. The topological polar surface area (TPSA) is 138 Å². The van der Waals surface area contributed by atoms with Crippen molar-refractivity contribution >= 4 is 13.7 Å². The predicted molar refractivity (Wildman–Crippen MR) is 133 cm³/mol. The third-order valence-electron chi connectivity index (χ3n) is 5.44. The van der Waals surface area contributed by atoms with Gasteiger partial charge in [0.2, 0.25) is 0 Å². The standard InChI is InChI=1S/C24H32N3O8P/c1-18-16-27(24(30)26-23(18)29)21-14-13-20(34-21)17-33-36(31,35-19-10-6-5-7-11-19)25-15-9-4-3-8-12-22(28)32-2/h5-7,10-11,13-14,16,20-21H,3-4,8-9,12,15,17H2,1-2H3,(H,25,31)(H,26,29,30)/t20-,21+,36?/m0/s1. The largest absolute Gasteiger partial charge is 0.469 e. The number of hydrogen-bond donors (Lipinski definition) is 2. The zero-order valence-electron chi connectivity index (χ0n) is 20.4. The van der Waals surface area contributed by atoms with Gasteiger partial charge in [0.15, 0.2) is 6.23 Å². The predicted octanol–water partition coefficient (Wildman–Crippen LogP) is 3.22. The summed E-state index contributed by atoms with van der Waals surface area (Å²) in [6.07, 6.45) is 6.97. The van der Waals surface area contributed by atoms with E-state index in [1.165, 1.54) is 17.9 Å². The van der Waals surface area contributed by atoms with Gasteiger partial charge in [-0.25, -0.2) is 14.4 Å². The van der Waals surface area contributed by atoms with Crippen molar-refractivity contribution in [2.24, 2.45) is 0 Å². The summed E-state index contributed by atoms with van der Waals surface area (Å²) in [7, 11) is -2.37. The number of aryl methyl sites for hydroxylation is 1. The zero-order valence-corrected chi connectivity index (χ0v) is 21.3. The minimum Gasteiger partial charge on any atom is -0.469 e. The molecule has 0 saturated heterocycles. The monoisotopic (exact) mass is 521 g/mol. The van der Waals surface area contributed by atoms with Gasteiger partial charge in [-0.3, -0.25) is 23.7 Å². The first kappa shape index (κ1) is 27.6. The minimum atomic E-state index is -3.74. The van der Waals surface area contributed by atoms with E-state index in [4.69, 9.17) is 13.8 Å². The summed E-state index contributed by atoms with van der Waals surface area (Å²) < 4.78 is 36.6. The molecule has 0 aliphatic carbocycles. The van der Waals surface area contributed by atoms with Crippen LogP contribution < -0.4 is 20.9 Å². The number of nitrogens with one attached hydrogen (secondary N) is 2. The molecule has 0 fully saturated rings. The molecule has 1 aliphatic rings. The van der Waals surface area contributed by atoms with E-state index in [0.29, 0.717) is 30.7 Å². The summed E-state index contributed by atoms with van der Waals surface area (Å²) in [6.45, 7) is 1.90. The number of carbonyl (C=O) groups excluding carboxylic acids is 1. The number of nitrogens with zero attached hydrogens (tertiary/aromatic N) is 1.